The van der Waals surface area contributed by atoms with E-state index in [1.165, 1.54) is 64.2 Å². The molecule has 2 aliphatic heterocycles. The summed E-state index contributed by atoms with van der Waals surface area (Å²) in [5.74, 6) is 3.50. The van der Waals surface area contributed by atoms with Crippen LogP contribution in [0.4, 0.5) is 0 Å². The highest BCUT2D eigenvalue weighted by Crippen LogP contribution is 2.47. The van der Waals surface area contributed by atoms with Crippen molar-refractivity contribution in [3.63, 3.8) is 0 Å². The molecule has 1 amide bonds. The molecular weight excluding hydrogens is 362 g/mol. The molecule has 156 valence electrons. The van der Waals surface area contributed by atoms with E-state index < -0.39 is 0 Å². The van der Waals surface area contributed by atoms with Gasteiger partial charge in [0.05, 0.1) is 18.3 Å². The van der Waals surface area contributed by atoms with E-state index in [0.717, 1.165) is 25.2 Å². The molecule has 27 heavy (non-hydrogen) atoms. The van der Waals surface area contributed by atoms with Crippen LogP contribution >= 0.6 is 11.8 Å². The zero-order valence-electron chi connectivity index (χ0n) is 16.8. The minimum atomic E-state index is -0.193. The Balaban J connectivity index is 1.28. The number of fused-ring (bicyclic) bond motifs is 2. The second kappa shape index (κ2) is 11.0. The van der Waals surface area contributed by atoms with Gasteiger partial charge in [-0.3, -0.25) is 10.0 Å². The molecule has 5 nitrogen and oxygen atoms in total. The predicted octanol–water partition coefficient (Wildman–Crippen LogP) is 4.27. The van der Waals surface area contributed by atoms with Crippen LogP contribution in [0.1, 0.15) is 70.6 Å². The van der Waals surface area contributed by atoms with Crippen LogP contribution in [0.25, 0.3) is 0 Å². The third-order valence-electron chi connectivity index (χ3n) is 6.58. The minimum absolute atomic E-state index is 0.193. The van der Waals surface area contributed by atoms with E-state index >= 15 is 0 Å². The van der Waals surface area contributed by atoms with Gasteiger partial charge in [0, 0.05) is 20.1 Å². The molecule has 2 bridgehead atoms. The lowest BCUT2D eigenvalue weighted by molar-refractivity contribution is -0.159. The highest BCUT2D eigenvalue weighted by atomic mass is 32.2. The van der Waals surface area contributed by atoms with Crippen molar-refractivity contribution in [2.45, 2.75) is 88.9 Å². The molecule has 6 heteroatoms. The highest BCUT2D eigenvalue weighted by Gasteiger charge is 2.47. The van der Waals surface area contributed by atoms with Gasteiger partial charge in [0.25, 0.3) is 0 Å². The molecule has 3 fully saturated rings. The maximum absolute atomic E-state index is 11.3. The second-order valence-electron chi connectivity index (χ2n) is 8.46. The Hall–Kier alpha value is -0.300. The van der Waals surface area contributed by atoms with E-state index in [-0.39, 0.29) is 5.91 Å². The second-order valence-corrected chi connectivity index (χ2v) is 9.68. The molecule has 0 aromatic carbocycles. The number of nitrogens with zero attached hydrogens (tertiary/aromatic N) is 1. The lowest BCUT2D eigenvalue weighted by atomic mass is 9.76. The van der Waals surface area contributed by atoms with E-state index in [2.05, 4.69) is 0 Å². The highest BCUT2D eigenvalue weighted by molar-refractivity contribution is 7.99. The Morgan fingerprint density at radius 3 is 2.48 bits per heavy atom. The van der Waals surface area contributed by atoms with Gasteiger partial charge in [0.2, 0.25) is 5.91 Å². The topological polar surface area (TPSA) is 59.0 Å². The van der Waals surface area contributed by atoms with Gasteiger partial charge in [-0.25, -0.2) is 5.06 Å². The maximum atomic E-state index is 11.3. The van der Waals surface area contributed by atoms with Crippen molar-refractivity contribution in [3.05, 3.63) is 0 Å². The number of ether oxygens (including phenoxy) is 2. The number of amides is 1. The van der Waals surface area contributed by atoms with Crippen molar-refractivity contribution in [2.75, 3.05) is 25.2 Å². The molecule has 4 atom stereocenters. The minimum Gasteiger partial charge on any atom is -0.378 e. The molecule has 3 rings (SSSR count). The zero-order valence-corrected chi connectivity index (χ0v) is 17.6. The molecule has 2 saturated heterocycles. The van der Waals surface area contributed by atoms with E-state index in [4.69, 9.17) is 14.7 Å². The maximum Gasteiger partial charge on any atom is 0.245 e. The van der Waals surface area contributed by atoms with E-state index in [9.17, 15) is 4.79 Å². The molecule has 0 spiro atoms. The van der Waals surface area contributed by atoms with Gasteiger partial charge in [0.15, 0.2) is 0 Å². The Bertz CT molecular complexity index is 455. The van der Waals surface area contributed by atoms with Crippen LogP contribution < -0.4 is 0 Å². The smallest absolute Gasteiger partial charge is 0.245 e. The average molecular weight is 400 g/mol. The van der Waals surface area contributed by atoms with Gasteiger partial charge < -0.3 is 9.47 Å². The van der Waals surface area contributed by atoms with E-state index in [0.29, 0.717) is 41.6 Å². The Kier molecular flexibility index (Phi) is 8.75. The van der Waals surface area contributed by atoms with Crippen molar-refractivity contribution in [3.8, 4) is 0 Å². The van der Waals surface area contributed by atoms with Gasteiger partial charge in [-0.1, -0.05) is 12.8 Å². The number of thioether (sulfide) groups is 1. The first-order valence-electron chi connectivity index (χ1n) is 11.0. The lowest BCUT2D eigenvalue weighted by Gasteiger charge is -2.28. The predicted molar refractivity (Wildman–Crippen MR) is 108 cm³/mol. The quantitative estimate of drug-likeness (QED) is 0.302. The lowest BCUT2D eigenvalue weighted by Crippen LogP contribution is -2.29. The van der Waals surface area contributed by atoms with Crippen molar-refractivity contribution < 1.29 is 19.5 Å². The molecular formula is C21H37NO4S. The summed E-state index contributed by atoms with van der Waals surface area (Å²) in [5, 5.41) is 9.73. The van der Waals surface area contributed by atoms with Crippen LogP contribution in [0.2, 0.25) is 0 Å². The molecule has 0 radical (unpaired) electrons. The first-order valence-corrected chi connectivity index (χ1v) is 12.1. The van der Waals surface area contributed by atoms with Gasteiger partial charge >= 0.3 is 0 Å². The van der Waals surface area contributed by atoms with E-state index in [1.54, 1.807) is 0 Å². The number of rotatable bonds is 12. The molecule has 3 aliphatic rings. The van der Waals surface area contributed by atoms with Crippen molar-refractivity contribution >= 4 is 17.7 Å². The van der Waals surface area contributed by atoms with Gasteiger partial charge in [-0.15, -0.1) is 0 Å². The fourth-order valence-corrected chi connectivity index (χ4v) is 6.11. The van der Waals surface area contributed by atoms with Crippen LogP contribution in [-0.4, -0.2) is 59.6 Å². The molecule has 0 aromatic rings. The van der Waals surface area contributed by atoms with E-state index in [1.807, 2.05) is 11.8 Å². The van der Waals surface area contributed by atoms with Crippen LogP contribution in [0.15, 0.2) is 0 Å². The molecule has 1 aliphatic carbocycles. The first-order chi connectivity index (χ1) is 13.1. The summed E-state index contributed by atoms with van der Waals surface area (Å²) >= 11 is 2.00. The first kappa shape index (κ1) is 21.4. The third-order valence-corrected chi connectivity index (χ3v) is 7.68. The average Bonchev–Trinajstić information content (AvgIpc) is 3.39. The van der Waals surface area contributed by atoms with Gasteiger partial charge in [-0.05, 0) is 74.7 Å². The SMILES string of the molecule is CN(O)C(=O)CCCCSCC[C@@H]1[C@H](CCOC2CCCC2)[C@@H]2CC[C@H]1O2. The normalized spacial score (nSPS) is 30.3. The number of hydrogen-bond donors (Lipinski definition) is 1. The summed E-state index contributed by atoms with van der Waals surface area (Å²) in [6.07, 6.45) is 13.9. The molecule has 1 N–H and O–H groups in total. The Labute approximate surface area is 168 Å². The standard InChI is InChI=1S/C21H37NO4S/c1-22(24)21(23)8-4-5-14-27-15-12-18-17(19-9-10-20(18)26-19)11-13-25-16-6-2-3-7-16/h16-20,24H,2-15H2,1H3/t17-,18+,19-,20+/m0/s1. The Morgan fingerprint density at radius 2 is 1.78 bits per heavy atom. The fourth-order valence-electron chi connectivity index (χ4n) is 5.06. The summed E-state index contributed by atoms with van der Waals surface area (Å²) in [7, 11) is 1.39. The monoisotopic (exact) mass is 399 g/mol. The summed E-state index contributed by atoms with van der Waals surface area (Å²) in [4.78, 5) is 11.3. The van der Waals surface area contributed by atoms with Crippen molar-refractivity contribution in [1.29, 1.82) is 0 Å². The fraction of sp³-hybridized carbons (Fsp3) is 0.952. The van der Waals surface area contributed by atoms with Crippen molar-refractivity contribution in [1.82, 2.24) is 5.06 Å². The molecule has 1 saturated carbocycles. The number of carbonyl (C=O) groups is 1. The Morgan fingerprint density at radius 1 is 1.07 bits per heavy atom. The molecule has 0 unspecified atom stereocenters. The number of hydrogen-bond acceptors (Lipinski definition) is 5. The van der Waals surface area contributed by atoms with Gasteiger partial charge in [-0.2, -0.15) is 11.8 Å². The van der Waals surface area contributed by atoms with Crippen molar-refractivity contribution in [2.24, 2.45) is 11.8 Å². The molecule has 0 aromatic heterocycles. The summed E-state index contributed by atoms with van der Waals surface area (Å²) in [6, 6.07) is 0. The summed E-state index contributed by atoms with van der Waals surface area (Å²) in [6.45, 7) is 0.916. The largest absolute Gasteiger partial charge is 0.378 e. The van der Waals surface area contributed by atoms with Crippen LogP contribution in [0, 0.1) is 11.8 Å². The molecule has 2 heterocycles. The van der Waals surface area contributed by atoms with Crippen LogP contribution in [-0.2, 0) is 14.3 Å². The van der Waals surface area contributed by atoms with Gasteiger partial charge in [0.1, 0.15) is 0 Å². The van der Waals surface area contributed by atoms with Crippen LogP contribution in [0.3, 0.4) is 0 Å². The zero-order chi connectivity index (χ0) is 19.1. The summed E-state index contributed by atoms with van der Waals surface area (Å²) < 4.78 is 12.4. The number of unbranched alkanes of at least 4 members (excludes halogenated alkanes) is 1. The number of hydroxylamine groups is 2. The summed E-state index contributed by atoms with van der Waals surface area (Å²) in [5.41, 5.74) is 0. The third kappa shape index (κ3) is 6.34. The number of carbonyl (C=O) groups excluding carboxylic acids is 1. The van der Waals surface area contributed by atoms with Crippen LogP contribution in [0.5, 0.6) is 0 Å².